The first-order valence-electron chi connectivity index (χ1n) is 9.56. The number of amides is 3. The number of para-hydroxylation sites is 1. The van der Waals surface area contributed by atoms with E-state index in [1.54, 1.807) is 70.2 Å². The average Bonchev–Trinajstić information content (AvgIpc) is 2.65. The first-order valence-corrected chi connectivity index (χ1v) is 9.93. The van der Waals surface area contributed by atoms with E-state index in [-0.39, 0.29) is 16.3 Å². The molecule has 0 aromatic heterocycles. The summed E-state index contributed by atoms with van der Waals surface area (Å²) in [6.07, 6.45) is -0.366. The van der Waals surface area contributed by atoms with E-state index in [0.29, 0.717) is 12.1 Å². The number of rotatable bonds is 6. The summed E-state index contributed by atoms with van der Waals surface area (Å²) in [6.45, 7) is 6.95. The summed E-state index contributed by atoms with van der Waals surface area (Å²) in [4.78, 5) is 37.5. The second kappa shape index (κ2) is 10.1. The second-order valence-electron chi connectivity index (χ2n) is 7.58. The van der Waals surface area contributed by atoms with Crippen molar-refractivity contribution in [1.29, 1.82) is 0 Å². The lowest BCUT2D eigenvalue weighted by atomic mass is 10.1. The Morgan fingerprint density at radius 3 is 2.27 bits per heavy atom. The van der Waals surface area contributed by atoms with Crippen LogP contribution >= 0.6 is 11.6 Å². The Kier molecular flexibility index (Phi) is 7.83. The van der Waals surface area contributed by atoms with Gasteiger partial charge in [0.05, 0.1) is 16.3 Å². The monoisotopic (exact) mass is 431 g/mol. The second-order valence-corrected chi connectivity index (χ2v) is 7.99. The van der Waals surface area contributed by atoms with Gasteiger partial charge in [0.2, 0.25) is 5.91 Å². The van der Waals surface area contributed by atoms with Gasteiger partial charge in [-0.3, -0.25) is 9.59 Å². The van der Waals surface area contributed by atoms with Crippen molar-refractivity contribution in [1.82, 2.24) is 5.32 Å². The van der Waals surface area contributed by atoms with Crippen molar-refractivity contribution < 1.29 is 19.1 Å². The van der Waals surface area contributed by atoms with E-state index in [1.165, 1.54) is 0 Å². The van der Waals surface area contributed by atoms with Gasteiger partial charge in [0.25, 0.3) is 5.91 Å². The predicted octanol–water partition coefficient (Wildman–Crippen LogP) is 4.83. The molecule has 0 fully saturated rings. The number of carbonyl (C=O) groups excluding carboxylic acids is 3. The van der Waals surface area contributed by atoms with Gasteiger partial charge in [0.15, 0.2) is 0 Å². The molecule has 0 bridgehead atoms. The summed E-state index contributed by atoms with van der Waals surface area (Å²) < 4.78 is 5.20. The number of ether oxygens (including phenoxy) is 1. The van der Waals surface area contributed by atoms with E-state index in [1.807, 2.05) is 6.07 Å². The zero-order chi connectivity index (χ0) is 22.3. The van der Waals surface area contributed by atoms with Crippen LogP contribution < -0.4 is 16.0 Å². The molecule has 2 aromatic carbocycles. The Hall–Kier alpha value is -3.06. The van der Waals surface area contributed by atoms with Crippen LogP contribution in [0.15, 0.2) is 48.5 Å². The highest BCUT2D eigenvalue weighted by molar-refractivity contribution is 6.35. The van der Waals surface area contributed by atoms with Crippen LogP contribution in [0.3, 0.4) is 0 Å². The Morgan fingerprint density at radius 2 is 1.67 bits per heavy atom. The van der Waals surface area contributed by atoms with Crippen molar-refractivity contribution in [3.8, 4) is 0 Å². The van der Waals surface area contributed by atoms with Crippen LogP contribution in [0.2, 0.25) is 5.02 Å². The summed E-state index contributed by atoms with van der Waals surface area (Å²) in [5.74, 6) is -0.949. The fourth-order valence-electron chi connectivity index (χ4n) is 2.60. The smallest absolute Gasteiger partial charge is 0.408 e. The molecule has 0 unspecified atom stereocenters. The van der Waals surface area contributed by atoms with Crippen LogP contribution in [0.5, 0.6) is 0 Å². The molecule has 0 heterocycles. The van der Waals surface area contributed by atoms with Gasteiger partial charge in [0.1, 0.15) is 11.6 Å². The standard InChI is InChI=1S/C22H26ClN3O4/c1-5-16(26-21(29)30-22(2,3)4)19(27)25-17-13-9-12-15(23)18(17)20(28)24-14-10-7-6-8-11-14/h6-13,16H,5H2,1-4H3,(H,24,28)(H,25,27)(H,26,29)/t16-/m0/s1. The molecule has 0 aliphatic heterocycles. The molecule has 0 aliphatic rings. The zero-order valence-electron chi connectivity index (χ0n) is 17.4. The average molecular weight is 432 g/mol. The summed E-state index contributed by atoms with van der Waals surface area (Å²) in [5, 5.41) is 8.16. The molecule has 1 atom stereocenters. The van der Waals surface area contributed by atoms with Gasteiger partial charge in [-0.15, -0.1) is 0 Å². The molecule has 3 N–H and O–H groups in total. The van der Waals surface area contributed by atoms with Gasteiger partial charge in [0, 0.05) is 5.69 Å². The van der Waals surface area contributed by atoms with Gasteiger partial charge in [-0.25, -0.2) is 4.79 Å². The third-order valence-corrected chi connectivity index (χ3v) is 4.26. The first-order chi connectivity index (χ1) is 14.1. The molecule has 7 nitrogen and oxygen atoms in total. The Bertz CT molecular complexity index is 910. The molecular formula is C22H26ClN3O4. The van der Waals surface area contributed by atoms with E-state index in [0.717, 1.165) is 0 Å². The number of hydrogen-bond acceptors (Lipinski definition) is 4. The third-order valence-electron chi connectivity index (χ3n) is 3.95. The van der Waals surface area contributed by atoms with Crippen LogP contribution in [-0.2, 0) is 9.53 Å². The van der Waals surface area contributed by atoms with E-state index in [9.17, 15) is 14.4 Å². The molecule has 0 spiro atoms. The number of carbonyl (C=O) groups is 3. The summed E-state index contributed by atoms with van der Waals surface area (Å²) in [7, 11) is 0. The summed E-state index contributed by atoms with van der Waals surface area (Å²) >= 11 is 6.24. The van der Waals surface area contributed by atoms with Crippen molar-refractivity contribution >= 4 is 40.9 Å². The van der Waals surface area contributed by atoms with E-state index >= 15 is 0 Å². The van der Waals surface area contributed by atoms with Crippen molar-refractivity contribution in [2.45, 2.75) is 45.8 Å². The van der Waals surface area contributed by atoms with Crippen LogP contribution in [0.1, 0.15) is 44.5 Å². The van der Waals surface area contributed by atoms with Crippen LogP contribution in [-0.4, -0.2) is 29.6 Å². The maximum absolute atomic E-state index is 12.8. The summed E-state index contributed by atoms with van der Waals surface area (Å²) in [6, 6.07) is 12.8. The largest absolute Gasteiger partial charge is 0.444 e. The normalized spacial score (nSPS) is 11.9. The van der Waals surface area contributed by atoms with Gasteiger partial charge in [-0.05, 0) is 51.5 Å². The van der Waals surface area contributed by atoms with E-state index < -0.39 is 29.6 Å². The highest BCUT2D eigenvalue weighted by Crippen LogP contribution is 2.26. The maximum Gasteiger partial charge on any atom is 0.408 e. The fraction of sp³-hybridized carbons (Fsp3) is 0.318. The lowest BCUT2D eigenvalue weighted by molar-refractivity contribution is -0.118. The van der Waals surface area contributed by atoms with E-state index in [2.05, 4.69) is 16.0 Å². The number of halogens is 1. The minimum Gasteiger partial charge on any atom is -0.444 e. The van der Waals surface area contributed by atoms with Gasteiger partial charge in [-0.1, -0.05) is 42.8 Å². The van der Waals surface area contributed by atoms with Gasteiger partial charge < -0.3 is 20.7 Å². The molecule has 0 radical (unpaired) electrons. The number of nitrogens with one attached hydrogen (secondary N) is 3. The quantitative estimate of drug-likeness (QED) is 0.610. The lowest BCUT2D eigenvalue weighted by Crippen LogP contribution is -2.45. The number of hydrogen-bond donors (Lipinski definition) is 3. The van der Waals surface area contributed by atoms with Gasteiger partial charge >= 0.3 is 6.09 Å². The Labute approximate surface area is 181 Å². The number of benzene rings is 2. The van der Waals surface area contributed by atoms with Crippen LogP contribution in [0.25, 0.3) is 0 Å². The third kappa shape index (κ3) is 6.77. The molecule has 0 saturated carbocycles. The van der Waals surface area contributed by atoms with Crippen LogP contribution in [0, 0.1) is 0 Å². The molecule has 30 heavy (non-hydrogen) atoms. The number of alkyl carbamates (subject to hydrolysis) is 1. The first kappa shape index (κ1) is 23.2. The Morgan fingerprint density at radius 1 is 1.00 bits per heavy atom. The predicted molar refractivity (Wildman–Crippen MR) is 118 cm³/mol. The molecule has 8 heteroatoms. The molecule has 160 valence electrons. The molecule has 0 aliphatic carbocycles. The molecule has 2 rings (SSSR count). The molecule has 3 amide bonds. The zero-order valence-corrected chi connectivity index (χ0v) is 18.2. The van der Waals surface area contributed by atoms with Gasteiger partial charge in [-0.2, -0.15) is 0 Å². The minimum absolute atomic E-state index is 0.128. The maximum atomic E-state index is 12.8. The SMILES string of the molecule is CC[C@H](NC(=O)OC(C)(C)C)C(=O)Nc1cccc(Cl)c1C(=O)Nc1ccccc1. The highest BCUT2D eigenvalue weighted by Gasteiger charge is 2.25. The fourth-order valence-corrected chi connectivity index (χ4v) is 2.86. The molecule has 2 aromatic rings. The lowest BCUT2D eigenvalue weighted by Gasteiger charge is -2.23. The molecular weight excluding hydrogens is 406 g/mol. The van der Waals surface area contributed by atoms with Crippen molar-refractivity contribution in [2.24, 2.45) is 0 Å². The minimum atomic E-state index is -0.844. The molecule has 0 saturated heterocycles. The van der Waals surface area contributed by atoms with E-state index in [4.69, 9.17) is 16.3 Å². The Balaban J connectivity index is 2.17. The van der Waals surface area contributed by atoms with Crippen molar-refractivity contribution in [3.63, 3.8) is 0 Å². The highest BCUT2D eigenvalue weighted by atomic mass is 35.5. The number of anilines is 2. The van der Waals surface area contributed by atoms with Crippen LogP contribution in [0.4, 0.5) is 16.2 Å². The van der Waals surface area contributed by atoms with Crippen molar-refractivity contribution in [2.75, 3.05) is 10.6 Å². The van der Waals surface area contributed by atoms with Crippen molar-refractivity contribution in [3.05, 3.63) is 59.1 Å². The topological polar surface area (TPSA) is 96.5 Å². The summed E-state index contributed by atoms with van der Waals surface area (Å²) in [5.41, 5.74) is 0.278.